The number of nitrogens with two attached hydrogens (primary N) is 1. The lowest BCUT2D eigenvalue weighted by Gasteiger charge is -2.05. The van der Waals surface area contributed by atoms with Crippen LogP contribution in [0.3, 0.4) is 0 Å². The first kappa shape index (κ1) is 24.6. The highest BCUT2D eigenvalue weighted by atomic mass is 16.1. The van der Waals surface area contributed by atoms with E-state index in [1.807, 2.05) is 33.9 Å². The van der Waals surface area contributed by atoms with Gasteiger partial charge in [0.2, 0.25) is 0 Å². The Balaban J connectivity index is 0.00000103. The molecule has 2 aromatic carbocycles. The minimum Gasteiger partial charge on any atom is -0.360 e. The van der Waals surface area contributed by atoms with E-state index in [9.17, 15) is 4.79 Å². The van der Waals surface area contributed by atoms with Crippen LogP contribution in [0.15, 0.2) is 48.7 Å². The number of rotatable bonds is 4. The van der Waals surface area contributed by atoms with Gasteiger partial charge in [-0.1, -0.05) is 75.7 Å². The van der Waals surface area contributed by atoms with Crippen molar-refractivity contribution in [3.8, 4) is 11.1 Å². The normalized spacial score (nSPS) is 9.19. The minimum absolute atomic E-state index is 0.235. The first-order valence-electron chi connectivity index (χ1n) is 9.88. The molecule has 0 atom stereocenters. The summed E-state index contributed by atoms with van der Waals surface area (Å²) in [7, 11) is 1.50. The van der Waals surface area contributed by atoms with Crippen LogP contribution in [0.5, 0.6) is 0 Å². The molecule has 0 aliphatic carbocycles. The molecule has 27 heavy (non-hydrogen) atoms. The number of carbonyl (C=O) groups is 1. The summed E-state index contributed by atoms with van der Waals surface area (Å²) < 4.78 is 0. The number of para-hydroxylation sites is 1. The summed E-state index contributed by atoms with van der Waals surface area (Å²) in [5.74, 6) is 0.235. The second-order valence-electron chi connectivity index (χ2n) is 5.61. The smallest absolute Gasteiger partial charge is 0.130 e. The van der Waals surface area contributed by atoms with Gasteiger partial charge in [0.25, 0.3) is 0 Å². The van der Waals surface area contributed by atoms with E-state index in [4.69, 9.17) is 0 Å². The van der Waals surface area contributed by atoms with E-state index in [0.717, 1.165) is 11.9 Å². The van der Waals surface area contributed by atoms with Crippen molar-refractivity contribution in [3.05, 3.63) is 59.8 Å². The van der Waals surface area contributed by atoms with Crippen LogP contribution in [-0.2, 0) is 11.2 Å². The number of H-pyrrole nitrogens is 1. The third-order valence-corrected chi connectivity index (χ3v) is 3.91. The lowest BCUT2D eigenvalue weighted by atomic mass is 9.99. The molecule has 0 aliphatic heterocycles. The molecule has 1 aromatic heterocycles. The summed E-state index contributed by atoms with van der Waals surface area (Å²) in [4.78, 5) is 14.6. The van der Waals surface area contributed by atoms with E-state index in [1.54, 1.807) is 6.92 Å². The molecule has 0 saturated carbocycles. The van der Waals surface area contributed by atoms with Crippen LogP contribution in [0, 0.1) is 6.92 Å². The quantitative estimate of drug-likeness (QED) is 0.568. The highest BCUT2D eigenvalue weighted by molar-refractivity contribution is 5.96. The average molecular weight is 369 g/mol. The first-order chi connectivity index (χ1) is 13.1. The fourth-order valence-corrected chi connectivity index (χ4v) is 2.70. The van der Waals surface area contributed by atoms with Gasteiger partial charge in [0, 0.05) is 23.6 Å². The van der Waals surface area contributed by atoms with Crippen molar-refractivity contribution in [1.29, 1.82) is 0 Å². The van der Waals surface area contributed by atoms with Gasteiger partial charge in [-0.15, -0.1) is 0 Å². The number of benzene rings is 2. The Bertz CT molecular complexity index is 786. The maximum atomic E-state index is 11.2. The zero-order valence-electron chi connectivity index (χ0n) is 18.0. The molecule has 148 valence electrons. The molecule has 3 heteroatoms. The number of hydrogen-bond donors (Lipinski definition) is 2. The van der Waals surface area contributed by atoms with E-state index in [1.165, 1.54) is 34.7 Å². The summed E-state index contributed by atoms with van der Waals surface area (Å²) in [6.07, 6.45) is 3.43. The molecule has 0 unspecified atom stereocenters. The Kier molecular flexibility index (Phi) is 12.5. The fourth-order valence-electron chi connectivity index (χ4n) is 2.70. The Morgan fingerprint density at radius 2 is 1.56 bits per heavy atom. The summed E-state index contributed by atoms with van der Waals surface area (Å²) >= 11 is 0. The lowest BCUT2D eigenvalue weighted by molar-refractivity contribution is -0.116. The van der Waals surface area contributed by atoms with E-state index in [-0.39, 0.29) is 5.78 Å². The second-order valence-corrected chi connectivity index (χ2v) is 5.61. The van der Waals surface area contributed by atoms with Crippen molar-refractivity contribution < 1.29 is 4.79 Å². The average Bonchev–Trinajstić information content (AvgIpc) is 3.15. The molecule has 1 heterocycles. The molecule has 3 rings (SSSR count). The maximum absolute atomic E-state index is 11.2. The molecular weight excluding hydrogens is 332 g/mol. The number of Topliss-reactive ketones (excluding diaryl/α,β-unsaturated/α-hetero) is 1. The van der Waals surface area contributed by atoms with Gasteiger partial charge in [0.15, 0.2) is 0 Å². The zero-order chi connectivity index (χ0) is 20.8. The predicted molar refractivity (Wildman–Crippen MR) is 120 cm³/mol. The Hall–Kier alpha value is -2.39. The van der Waals surface area contributed by atoms with Crippen molar-refractivity contribution in [2.24, 2.45) is 5.73 Å². The summed E-state index contributed by atoms with van der Waals surface area (Å²) in [6, 6.07) is 14.9. The minimum atomic E-state index is 0.235. The van der Waals surface area contributed by atoms with Crippen LogP contribution in [0.1, 0.15) is 52.2 Å². The van der Waals surface area contributed by atoms with Crippen LogP contribution in [0.25, 0.3) is 22.0 Å². The largest absolute Gasteiger partial charge is 0.360 e. The summed E-state index contributed by atoms with van der Waals surface area (Å²) in [5.41, 5.74) is 10.6. The molecule has 0 fully saturated rings. The van der Waals surface area contributed by atoms with Gasteiger partial charge in [-0.25, -0.2) is 0 Å². The van der Waals surface area contributed by atoms with E-state index in [2.05, 4.69) is 60.1 Å². The van der Waals surface area contributed by atoms with Crippen molar-refractivity contribution in [3.63, 3.8) is 0 Å². The molecule has 3 N–H and O–H groups in total. The van der Waals surface area contributed by atoms with E-state index in [0.29, 0.717) is 6.42 Å². The fraction of sp³-hybridized carbons (Fsp3) is 0.375. The van der Waals surface area contributed by atoms with Gasteiger partial charge >= 0.3 is 0 Å². The molecule has 0 bridgehead atoms. The molecule has 0 aliphatic rings. The van der Waals surface area contributed by atoms with Gasteiger partial charge in [-0.3, -0.25) is 0 Å². The lowest BCUT2D eigenvalue weighted by Crippen LogP contribution is -1.92. The number of aromatic nitrogens is 1. The van der Waals surface area contributed by atoms with Gasteiger partial charge in [-0.2, -0.15) is 0 Å². The SMILES string of the molecule is CC.CC.CC(=O)CCc1c[nH]c2c(-c3ccc(C)cc3)cccc12.CN. The van der Waals surface area contributed by atoms with Gasteiger partial charge < -0.3 is 15.5 Å². The Labute approximate surface area is 165 Å². The third-order valence-electron chi connectivity index (χ3n) is 3.91. The molecule has 3 nitrogen and oxygen atoms in total. The van der Waals surface area contributed by atoms with Crippen molar-refractivity contribution in [2.45, 2.75) is 54.4 Å². The molecule has 3 aromatic rings. The van der Waals surface area contributed by atoms with Crippen LogP contribution in [-0.4, -0.2) is 17.8 Å². The monoisotopic (exact) mass is 368 g/mol. The summed E-state index contributed by atoms with van der Waals surface area (Å²) in [5, 5.41) is 1.22. The first-order valence-corrected chi connectivity index (χ1v) is 9.88. The van der Waals surface area contributed by atoms with Gasteiger partial charge in [-0.05, 0) is 38.4 Å². The van der Waals surface area contributed by atoms with Crippen molar-refractivity contribution >= 4 is 16.7 Å². The Morgan fingerprint density at radius 1 is 0.963 bits per heavy atom. The molecule has 0 radical (unpaired) electrons. The van der Waals surface area contributed by atoms with Crippen LogP contribution < -0.4 is 5.73 Å². The summed E-state index contributed by atoms with van der Waals surface area (Å²) in [6.45, 7) is 11.7. The van der Waals surface area contributed by atoms with E-state index < -0.39 is 0 Å². The highest BCUT2D eigenvalue weighted by Gasteiger charge is 2.09. The molecule has 0 amide bonds. The molecule has 0 saturated heterocycles. The van der Waals surface area contributed by atoms with Gasteiger partial charge in [0.05, 0.1) is 5.52 Å². The van der Waals surface area contributed by atoms with Crippen LogP contribution in [0.2, 0.25) is 0 Å². The maximum Gasteiger partial charge on any atom is 0.130 e. The molecule has 0 spiro atoms. The number of carbonyl (C=O) groups excluding carboxylic acids is 1. The van der Waals surface area contributed by atoms with Crippen molar-refractivity contribution in [2.75, 3.05) is 7.05 Å². The standard InChI is InChI=1S/C19H19NO.2C2H6.CH5N/c1-13-6-9-15(10-7-13)17-4-3-5-18-16(11-8-14(2)21)12-20-19(17)18;3*1-2/h3-7,9-10,12,20H,8,11H2,1-2H3;2*1-2H3;2H2,1H3. The number of ketones is 1. The zero-order valence-corrected chi connectivity index (χ0v) is 18.0. The molecular formula is C24H36N2O. The number of aromatic amines is 1. The van der Waals surface area contributed by atoms with Crippen LogP contribution in [0.4, 0.5) is 0 Å². The van der Waals surface area contributed by atoms with Gasteiger partial charge in [0.1, 0.15) is 5.78 Å². The topological polar surface area (TPSA) is 58.9 Å². The Morgan fingerprint density at radius 3 is 2.11 bits per heavy atom. The second kappa shape index (κ2) is 13.8. The van der Waals surface area contributed by atoms with E-state index >= 15 is 0 Å². The van der Waals surface area contributed by atoms with Crippen molar-refractivity contribution in [1.82, 2.24) is 4.98 Å². The number of aryl methyl sites for hydroxylation is 2. The number of fused-ring (bicyclic) bond motifs is 1. The predicted octanol–water partition coefficient (Wildman–Crippen LogP) is 6.29. The number of hydrogen-bond acceptors (Lipinski definition) is 2. The number of nitrogens with one attached hydrogen (secondary N) is 1. The van der Waals surface area contributed by atoms with Crippen LogP contribution >= 0.6 is 0 Å². The third kappa shape index (κ3) is 7.03. The highest BCUT2D eigenvalue weighted by Crippen LogP contribution is 2.30.